The van der Waals surface area contributed by atoms with Crippen molar-refractivity contribution in [3.8, 4) is 0 Å². The van der Waals surface area contributed by atoms with Gasteiger partial charge in [-0.3, -0.25) is 4.68 Å². The van der Waals surface area contributed by atoms with Gasteiger partial charge in [0.2, 0.25) is 0 Å². The Morgan fingerprint density at radius 3 is 2.79 bits per heavy atom. The minimum atomic E-state index is -0.436. The predicted molar refractivity (Wildman–Crippen MR) is 78.2 cm³/mol. The molecule has 2 rings (SSSR count). The number of aromatic nitrogens is 2. The first-order valence-electron chi connectivity index (χ1n) is 5.88. The van der Waals surface area contributed by atoms with Crippen LogP contribution in [0.1, 0.15) is 25.5 Å². The summed E-state index contributed by atoms with van der Waals surface area (Å²) in [5.74, 6) is -0.436. The van der Waals surface area contributed by atoms with Gasteiger partial charge in [0.05, 0.1) is 23.1 Å². The first kappa shape index (κ1) is 13.5. The van der Waals surface area contributed by atoms with Crippen molar-refractivity contribution in [2.75, 3.05) is 5.32 Å². The highest BCUT2D eigenvalue weighted by Gasteiger charge is 2.12. The molecule has 0 spiro atoms. The fourth-order valence-electron chi connectivity index (χ4n) is 1.72. The third kappa shape index (κ3) is 2.90. The predicted octanol–water partition coefficient (Wildman–Crippen LogP) is 2.98. The molecule has 4 nitrogen and oxygen atoms in total. The zero-order valence-corrected chi connectivity index (χ0v) is 11.5. The third-order valence-electron chi connectivity index (χ3n) is 2.67. The fourth-order valence-corrected chi connectivity index (χ4v) is 1.93. The van der Waals surface area contributed by atoms with Crippen LogP contribution in [0.4, 0.5) is 15.8 Å². The summed E-state index contributed by atoms with van der Waals surface area (Å²) in [6, 6.07) is 4.92. The summed E-state index contributed by atoms with van der Waals surface area (Å²) >= 11 is 4.88. The number of thiocarbonyl (C=S) groups is 1. The largest absolute Gasteiger partial charge is 0.389 e. The summed E-state index contributed by atoms with van der Waals surface area (Å²) in [5.41, 5.74) is 7.07. The second-order valence-electron chi connectivity index (χ2n) is 4.45. The molecule has 6 heteroatoms. The van der Waals surface area contributed by atoms with Crippen molar-refractivity contribution >= 4 is 28.6 Å². The maximum Gasteiger partial charge on any atom is 0.135 e. The van der Waals surface area contributed by atoms with Gasteiger partial charge < -0.3 is 11.1 Å². The molecule has 0 radical (unpaired) electrons. The second-order valence-corrected chi connectivity index (χ2v) is 4.89. The van der Waals surface area contributed by atoms with Crippen LogP contribution in [0.3, 0.4) is 0 Å². The topological polar surface area (TPSA) is 55.9 Å². The van der Waals surface area contributed by atoms with Crippen LogP contribution in [-0.2, 0) is 0 Å². The number of benzene rings is 1. The molecule has 0 aliphatic rings. The van der Waals surface area contributed by atoms with Crippen molar-refractivity contribution in [1.82, 2.24) is 9.78 Å². The minimum absolute atomic E-state index is 0.0249. The smallest absolute Gasteiger partial charge is 0.135 e. The third-order valence-corrected chi connectivity index (χ3v) is 2.87. The number of rotatable bonds is 4. The molecule has 0 fully saturated rings. The molecule has 1 aromatic carbocycles. The van der Waals surface area contributed by atoms with Crippen molar-refractivity contribution in [3.63, 3.8) is 0 Å². The van der Waals surface area contributed by atoms with Crippen molar-refractivity contribution in [2.24, 2.45) is 5.73 Å². The average molecular weight is 278 g/mol. The lowest BCUT2D eigenvalue weighted by atomic mass is 10.1. The summed E-state index contributed by atoms with van der Waals surface area (Å²) in [7, 11) is 0. The highest BCUT2D eigenvalue weighted by molar-refractivity contribution is 7.80. The van der Waals surface area contributed by atoms with Gasteiger partial charge in [-0.1, -0.05) is 18.3 Å². The first-order chi connectivity index (χ1) is 8.99. The number of hydrogen-bond acceptors (Lipinski definition) is 3. The van der Waals surface area contributed by atoms with Gasteiger partial charge in [-0.05, 0) is 26.0 Å². The van der Waals surface area contributed by atoms with Gasteiger partial charge in [0.1, 0.15) is 10.8 Å². The van der Waals surface area contributed by atoms with Gasteiger partial charge in [0.15, 0.2) is 0 Å². The summed E-state index contributed by atoms with van der Waals surface area (Å²) in [4.78, 5) is 0.0249. The van der Waals surface area contributed by atoms with Crippen LogP contribution in [0.25, 0.3) is 0 Å². The van der Waals surface area contributed by atoms with E-state index in [-0.39, 0.29) is 16.6 Å². The van der Waals surface area contributed by atoms with E-state index in [0.29, 0.717) is 5.69 Å². The van der Waals surface area contributed by atoms with Crippen LogP contribution in [0, 0.1) is 5.82 Å². The number of halogens is 1. The van der Waals surface area contributed by atoms with Gasteiger partial charge in [-0.25, -0.2) is 4.39 Å². The van der Waals surface area contributed by atoms with Gasteiger partial charge >= 0.3 is 0 Å². The molecule has 0 unspecified atom stereocenters. The number of nitrogens with zero attached hydrogens (tertiary/aromatic N) is 2. The molecule has 0 aliphatic carbocycles. The van der Waals surface area contributed by atoms with E-state index in [1.165, 1.54) is 6.07 Å². The summed E-state index contributed by atoms with van der Waals surface area (Å²) in [6.45, 7) is 4.05. The number of hydrogen-bond donors (Lipinski definition) is 2. The summed E-state index contributed by atoms with van der Waals surface area (Å²) < 4.78 is 15.5. The number of nitrogens with two attached hydrogens (primary N) is 1. The molecule has 0 atom stereocenters. The van der Waals surface area contributed by atoms with E-state index >= 15 is 0 Å². The van der Waals surface area contributed by atoms with E-state index in [9.17, 15) is 4.39 Å². The molecule has 100 valence electrons. The Balaban J connectivity index is 2.32. The van der Waals surface area contributed by atoms with E-state index in [1.54, 1.807) is 18.3 Å². The van der Waals surface area contributed by atoms with Gasteiger partial charge in [-0.2, -0.15) is 5.10 Å². The van der Waals surface area contributed by atoms with Crippen LogP contribution in [0.15, 0.2) is 30.6 Å². The summed E-state index contributed by atoms with van der Waals surface area (Å²) in [6.07, 6.45) is 3.52. The fraction of sp³-hybridized carbons (Fsp3) is 0.231. The van der Waals surface area contributed by atoms with Crippen LogP contribution in [0.5, 0.6) is 0 Å². The highest BCUT2D eigenvalue weighted by Crippen LogP contribution is 2.23. The molecule has 0 aliphatic heterocycles. The minimum Gasteiger partial charge on any atom is -0.389 e. The molecular formula is C13H15FN4S. The second kappa shape index (κ2) is 5.36. The lowest BCUT2D eigenvalue weighted by Gasteiger charge is -2.10. The van der Waals surface area contributed by atoms with E-state index in [1.807, 2.05) is 24.7 Å². The van der Waals surface area contributed by atoms with Gasteiger partial charge in [-0.15, -0.1) is 0 Å². The van der Waals surface area contributed by atoms with Crippen LogP contribution in [-0.4, -0.2) is 14.8 Å². The summed E-state index contributed by atoms with van der Waals surface area (Å²) in [5, 5.41) is 7.28. The Bertz CT molecular complexity index is 606. The number of anilines is 2. The standard InChI is InChI=1S/C13H15FN4S/c1-8(2)18-7-9(6-16-18)17-11-5-3-4-10(14)12(11)13(15)19/h3-8,17H,1-2H3,(H2,15,19). The van der Waals surface area contributed by atoms with Crippen LogP contribution in [0.2, 0.25) is 0 Å². The van der Waals surface area contributed by atoms with E-state index < -0.39 is 5.82 Å². The van der Waals surface area contributed by atoms with Crippen molar-refractivity contribution in [3.05, 3.63) is 42.0 Å². The molecule has 19 heavy (non-hydrogen) atoms. The van der Waals surface area contributed by atoms with Crippen molar-refractivity contribution in [2.45, 2.75) is 19.9 Å². The molecule has 0 saturated heterocycles. The van der Waals surface area contributed by atoms with Crippen LogP contribution < -0.4 is 11.1 Å². The highest BCUT2D eigenvalue weighted by atomic mass is 32.1. The van der Waals surface area contributed by atoms with E-state index in [0.717, 1.165) is 5.69 Å². The van der Waals surface area contributed by atoms with E-state index in [2.05, 4.69) is 10.4 Å². The quantitative estimate of drug-likeness (QED) is 0.844. The zero-order valence-electron chi connectivity index (χ0n) is 10.7. The Morgan fingerprint density at radius 1 is 1.47 bits per heavy atom. The van der Waals surface area contributed by atoms with Crippen molar-refractivity contribution < 1.29 is 4.39 Å². The normalized spacial score (nSPS) is 10.7. The Morgan fingerprint density at radius 2 is 2.21 bits per heavy atom. The molecular weight excluding hydrogens is 263 g/mol. The molecule has 1 heterocycles. The van der Waals surface area contributed by atoms with Gasteiger partial charge in [0, 0.05) is 12.2 Å². The first-order valence-corrected chi connectivity index (χ1v) is 6.29. The monoisotopic (exact) mass is 278 g/mol. The van der Waals surface area contributed by atoms with Crippen LogP contribution >= 0.6 is 12.2 Å². The van der Waals surface area contributed by atoms with Crippen molar-refractivity contribution in [1.29, 1.82) is 0 Å². The molecule has 0 amide bonds. The average Bonchev–Trinajstić information content (AvgIpc) is 2.77. The maximum absolute atomic E-state index is 13.7. The molecule has 0 bridgehead atoms. The van der Waals surface area contributed by atoms with Gasteiger partial charge in [0.25, 0.3) is 0 Å². The number of nitrogens with one attached hydrogen (secondary N) is 1. The molecule has 3 N–H and O–H groups in total. The maximum atomic E-state index is 13.7. The molecule has 0 saturated carbocycles. The molecule has 1 aromatic heterocycles. The lowest BCUT2D eigenvalue weighted by Crippen LogP contribution is -2.14. The Hall–Kier alpha value is -1.95. The lowest BCUT2D eigenvalue weighted by molar-refractivity contribution is 0.532. The zero-order chi connectivity index (χ0) is 14.0. The van der Waals surface area contributed by atoms with E-state index in [4.69, 9.17) is 18.0 Å². The Labute approximate surface area is 116 Å². The Kier molecular flexibility index (Phi) is 3.80. The SMILES string of the molecule is CC(C)n1cc(Nc2cccc(F)c2C(N)=S)cn1. The molecule has 2 aromatic rings.